The van der Waals surface area contributed by atoms with Crippen molar-refractivity contribution in [3.63, 3.8) is 0 Å². The SMILES string of the molecule is C=CCCCC(NC)c1ccc(Br)cc1Cl. The summed E-state index contributed by atoms with van der Waals surface area (Å²) in [6.45, 7) is 3.73. The van der Waals surface area contributed by atoms with Gasteiger partial charge in [0, 0.05) is 15.5 Å². The molecule has 1 N–H and O–H groups in total. The first kappa shape index (κ1) is 13.8. The van der Waals surface area contributed by atoms with Crippen molar-refractivity contribution in [2.24, 2.45) is 0 Å². The third-order valence-electron chi connectivity index (χ3n) is 2.59. The van der Waals surface area contributed by atoms with Crippen LogP contribution in [-0.2, 0) is 0 Å². The molecule has 16 heavy (non-hydrogen) atoms. The first-order valence-electron chi connectivity index (χ1n) is 5.42. The molecule has 0 amide bonds. The summed E-state index contributed by atoms with van der Waals surface area (Å²) in [5, 5.41) is 4.12. The van der Waals surface area contributed by atoms with Crippen LogP contribution in [-0.4, -0.2) is 7.05 Å². The molecule has 1 aromatic rings. The van der Waals surface area contributed by atoms with E-state index in [0.717, 1.165) is 34.3 Å². The van der Waals surface area contributed by atoms with E-state index in [-0.39, 0.29) is 0 Å². The third-order valence-corrected chi connectivity index (χ3v) is 3.41. The average Bonchev–Trinajstić information content (AvgIpc) is 2.26. The van der Waals surface area contributed by atoms with E-state index in [4.69, 9.17) is 11.6 Å². The Morgan fingerprint density at radius 1 is 1.56 bits per heavy atom. The normalized spacial score (nSPS) is 12.4. The minimum atomic E-state index is 0.320. The minimum absolute atomic E-state index is 0.320. The van der Waals surface area contributed by atoms with Crippen molar-refractivity contribution < 1.29 is 0 Å². The molecule has 1 nitrogen and oxygen atoms in total. The molecule has 0 aliphatic carbocycles. The van der Waals surface area contributed by atoms with Gasteiger partial charge in [-0.25, -0.2) is 0 Å². The van der Waals surface area contributed by atoms with Gasteiger partial charge in [-0.15, -0.1) is 6.58 Å². The molecular weight excluding hydrogens is 286 g/mol. The quantitative estimate of drug-likeness (QED) is 0.592. The van der Waals surface area contributed by atoms with Gasteiger partial charge in [0.25, 0.3) is 0 Å². The number of halogens is 2. The molecule has 0 aliphatic heterocycles. The highest BCUT2D eigenvalue weighted by Crippen LogP contribution is 2.29. The molecule has 0 radical (unpaired) electrons. The van der Waals surface area contributed by atoms with Crippen LogP contribution in [0.4, 0.5) is 0 Å². The molecule has 0 saturated heterocycles. The Kier molecular flexibility index (Phi) is 6.10. The van der Waals surface area contributed by atoms with Gasteiger partial charge in [-0.2, -0.15) is 0 Å². The smallest absolute Gasteiger partial charge is 0.0465 e. The second-order valence-electron chi connectivity index (χ2n) is 3.73. The zero-order valence-electron chi connectivity index (χ0n) is 9.47. The van der Waals surface area contributed by atoms with Gasteiger partial charge in [0.1, 0.15) is 0 Å². The number of nitrogens with one attached hydrogen (secondary N) is 1. The fourth-order valence-corrected chi connectivity index (χ4v) is 2.51. The summed E-state index contributed by atoms with van der Waals surface area (Å²) in [4.78, 5) is 0. The lowest BCUT2D eigenvalue weighted by Crippen LogP contribution is -2.16. The predicted octanol–water partition coefficient (Wildman–Crippen LogP) is 4.72. The molecule has 0 aromatic heterocycles. The molecule has 0 spiro atoms. The van der Waals surface area contributed by atoms with Crippen LogP contribution in [0.25, 0.3) is 0 Å². The summed E-state index contributed by atoms with van der Waals surface area (Å²) >= 11 is 9.64. The molecule has 1 unspecified atom stereocenters. The van der Waals surface area contributed by atoms with E-state index in [2.05, 4.69) is 33.9 Å². The van der Waals surface area contributed by atoms with Crippen molar-refractivity contribution in [1.82, 2.24) is 5.32 Å². The lowest BCUT2D eigenvalue weighted by atomic mass is 10.0. The van der Waals surface area contributed by atoms with E-state index >= 15 is 0 Å². The number of allylic oxidation sites excluding steroid dienone is 1. The maximum absolute atomic E-state index is 6.23. The molecule has 0 heterocycles. The molecule has 0 fully saturated rings. The molecule has 1 aromatic carbocycles. The zero-order valence-corrected chi connectivity index (χ0v) is 11.8. The summed E-state index contributed by atoms with van der Waals surface area (Å²) < 4.78 is 1.02. The highest BCUT2D eigenvalue weighted by molar-refractivity contribution is 9.10. The summed E-state index contributed by atoms with van der Waals surface area (Å²) in [7, 11) is 1.97. The standard InChI is InChI=1S/C13H17BrClN/c1-3-4-5-6-13(16-2)11-8-7-10(14)9-12(11)15/h3,7-9,13,16H,1,4-6H2,2H3. The second kappa shape index (κ2) is 7.10. The van der Waals surface area contributed by atoms with Crippen molar-refractivity contribution in [3.8, 4) is 0 Å². The van der Waals surface area contributed by atoms with Crippen molar-refractivity contribution in [1.29, 1.82) is 0 Å². The van der Waals surface area contributed by atoms with Gasteiger partial charge in [0.05, 0.1) is 0 Å². The molecule has 0 aliphatic rings. The van der Waals surface area contributed by atoms with E-state index in [1.165, 1.54) is 0 Å². The second-order valence-corrected chi connectivity index (χ2v) is 5.05. The third kappa shape index (κ3) is 3.93. The van der Waals surface area contributed by atoms with E-state index in [1.807, 2.05) is 25.3 Å². The Labute approximate surface area is 111 Å². The van der Waals surface area contributed by atoms with Crippen LogP contribution in [0.3, 0.4) is 0 Å². The van der Waals surface area contributed by atoms with Crippen LogP contribution in [0.15, 0.2) is 35.3 Å². The van der Waals surface area contributed by atoms with Crippen molar-refractivity contribution in [3.05, 3.63) is 45.9 Å². The maximum Gasteiger partial charge on any atom is 0.0465 e. The highest BCUT2D eigenvalue weighted by Gasteiger charge is 2.12. The molecule has 1 atom stereocenters. The molecule has 1 rings (SSSR count). The number of benzene rings is 1. The first-order valence-corrected chi connectivity index (χ1v) is 6.59. The van der Waals surface area contributed by atoms with Gasteiger partial charge >= 0.3 is 0 Å². The zero-order chi connectivity index (χ0) is 12.0. The molecule has 0 saturated carbocycles. The number of unbranched alkanes of at least 4 members (excludes halogenated alkanes) is 1. The maximum atomic E-state index is 6.23. The molecule has 0 bridgehead atoms. The Bertz CT molecular complexity index is 352. The highest BCUT2D eigenvalue weighted by atomic mass is 79.9. The number of rotatable bonds is 6. The summed E-state index contributed by atoms with van der Waals surface area (Å²) in [5.41, 5.74) is 1.16. The average molecular weight is 303 g/mol. The first-order chi connectivity index (χ1) is 7.69. The molecule has 3 heteroatoms. The monoisotopic (exact) mass is 301 g/mol. The van der Waals surface area contributed by atoms with E-state index in [0.29, 0.717) is 6.04 Å². The topological polar surface area (TPSA) is 12.0 Å². The predicted molar refractivity (Wildman–Crippen MR) is 75.0 cm³/mol. The lowest BCUT2D eigenvalue weighted by Gasteiger charge is -2.17. The fraction of sp³-hybridized carbons (Fsp3) is 0.385. The molecule has 88 valence electrons. The van der Waals surface area contributed by atoms with E-state index in [1.54, 1.807) is 0 Å². The Balaban J connectivity index is 2.74. The number of hydrogen-bond acceptors (Lipinski definition) is 1. The Hall–Kier alpha value is -0.310. The fourth-order valence-electron chi connectivity index (χ4n) is 1.71. The Morgan fingerprint density at radius 3 is 2.88 bits per heavy atom. The Morgan fingerprint density at radius 2 is 2.31 bits per heavy atom. The summed E-state index contributed by atoms with van der Waals surface area (Å²) in [6, 6.07) is 6.36. The van der Waals surface area contributed by atoms with Crippen LogP contribution in [0.5, 0.6) is 0 Å². The van der Waals surface area contributed by atoms with Crippen LogP contribution < -0.4 is 5.32 Å². The van der Waals surface area contributed by atoms with Gasteiger partial charge in [-0.05, 0) is 44.0 Å². The van der Waals surface area contributed by atoms with Crippen LogP contribution in [0, 0.1) is 0 Å². The van der Waals surface area contributed by atoms with Crippen LogP contribution >= 0.6 is 27.5 Å². The van der Waals surface area contributed by atoms with Crippen LogP contribution in [0.2, 0.25) is 5.02 Å². The summed E-state index contributed by atoms with van der Waals surface area (Å²) in [5.74, 6) is 0. The number of hydrogen-bond donors (Lipinski definition) is 1. The van der Waals surface area contributed by atoms with Gasteiger partial charge in [0.2, 0.25) is 0 Å². The van der Waals surface area contributed by atoms with E-state index in [9.17, 15) is 0 Å². The molecular formula is C13H17BrClN. The van der Waals surface area contributed by atoms with Gasteiger partial charge in [-0.1, -0.05) is 39.7 Å². The van der Waals surface area contributed by atoms with Crippen molar-refractivity contribution >= 4 is 27.5 Å². The minimum Gasteiger partial charge on any atom is -0.313 e. The van der Waals surface area contributed by atoms with Gasteiger partial charge in [0.15, 0.2) is 0 Å². The van der Waals surface area contributed by atoms with Crippen LogP contribution in [0.1, 0.15) is 30.9 Å². The summed E-state index contributed by atoms with van der Waals surface area (Å²) in [6.07, 6.45) is 5.20. The van der Waals surface area contributed by atoms with Gasteiger partial charge < -0.3 is 5.32 Å². The lowest BCUT2D eigenvalue weighted by molar-refractivity contribution is 0.530. The van der Waals surface area contributed by atoms with Crippen molar-refractivity contribution in [2.45, 2.75) is 25.3 Å². The largest absolute Gasteiger partial charge is 0.313 e. The van der Waals surface area contributed by atoms with Crippen molar-refractivity contribution in [2.75, 3.05) is 7.05 Å². The van der Waals surface area contributed by atoms with E-state index < -0.39 is 0 Å². The van der Waals surface area contributed by atoms with Gasteiger partial charge in [-0.3, -0.25) is 0 Å².